The molecule has 0 aliphatic heterocycles. The third-order valence-electron chi connectivity index (χ3n) is 7.23. The molecule has 0 radical (unpaired) electrons. The molecule has 0 bridgehead atoms. The first-order chi connectivity index (χ1) is 18.6. The molecule has 0 spiro atoms. The van der Waals surface area contributed by atoms with E-state index in [0.29, 0.717) is 18.7 Å². The molecule has 0 saturated heterocycles. The number of halogens is 1. The van der Waals surface area contributed by atoms with Gasteiger partial charge in [0, 0.05) is 39.8 Å². The Balaban J connectivity index is 1.36. The van der Waals surface area contributed by atoms with Gasteiger partial charge in [-0.2, -0.15) is 0 Å². The van der Waals surface area contributed by atoms with Crippen LogP contribution in [0.2, 0.25) is 0 Å². The minimum absolute atomic E-state index is 0.108. The van der Waals surface area contributed by atoms with Crippen molar-refractivity contribution >= 4 is 39.4 Å². The van der Waals surface area contributed by atoms with Crippen molar-refractivity contribution in [2.75, 3.05) is 0 Å². The Bertz CT molecular complexity index is 1630. The molecule has 3 aromatic heterocycles. The molecule has 1 amide bonds. The van der Waals surface area contributed by atoms with Crippen molar-refractivity contribution < 1.29 is 13.6 Å². The predicted molar refractivity (Wildman–Crippen MR) is 150 cm³/mol. The second kappa shape index (κ2) is 10.4. The highest BCUT2D eigenvalue weighted by atomic mass is 32.1. The molecule has 192 valence electrons. The number of amides is 1. The summed E-state index contributed by atoms with van der Waals surface area (Å²) in [7, 11) is 0. The van der Waals surface area contributed by atoms with Gasteiger partial charge in [-0.1, -0.05) is 30.3 Å². The van der Waals surface area contributed by atoms with Crippen LogP contribution in [0, 0.1) is 12.7 Å². The molecule has 1 aliphatic carbocycles. The zero-order valence-electron chi connectivity index (χ0n) is 21.2. The van der Waals surface area contributed by atoms with E-state index in [1.807, 2.05) is 42.6 Å². The summed E-state index contributed by atoms with van der Waals surface area (Å²) in [5.74, 6) is 0.374. The number of thiophene rings is 1. The van der Waals surface area contributed by atoms with Gasteiger partial charge in [0.1, 0.15) is 16.6 Å². The topological polar surface area (TPSA) is 59.5 Å². The second-order valence-electron chi connectivity index (χ2n) is 9.64. The molecule has 0 unspecified atom stereocenters. The van der Waals surface area contributed by atoms with Crippen LogP contribution in [0.5, 0.6) is 0 Å². The summed E-state index contributed by atoms with van der Waals surface area (Å²) in [4.78, 5) is 19.6. The van der Waals surface area contributed by atoms with Crippen molar-refractivity contribution in [1.29, 1.82) is 0 Å². The molecule has 2 aromatic carbocycles. The van der Waals surface area contributed by atoms with Crippen molar-refractivity contribution in [2.45, 2.75) is 45.7 Å². The number of nitrogens with zero attached hydrogens (tertiary/aromatic N) is 2. The SMILES string of the molecule is Cc1c(C=Nc2sc3c(c2C(=O)NCc2ccco2)CCCC3)c2ccccc2n1Cc1ccc(F)cc1. The smallest absolute Gasteiger partial charge is 0.255 e. The number of aryl methyl sites for hydroxylation is 1. The summed E-state index contributed by atoms with van der Waals surface area (Å²) >= 11 is 1.63. The standard InChI is InChI=1S/C31H28FN3O2S/c1-20-26(24-8-2-4-10-27(24)35(20)19-21-12-14-22(32)15-13-21)18-34-31-29(25-9-3-5-11-28(25)38-31)30(36)33-17-23-7-6-16-37-23/h2,4,6-8,10,12-16,18H,3,5,9,11,17,19H2,1H3,(H,33,36). The van der Waals surface area contributed by atoms with Crippen LogP contribution in [0.1, 0.15) is 56.2 Å². The maximum atomic E-state index is 13.5. The molecule has 6 rings (SSSR count). The minimum atomic E-state index is -0.238. The molecule has 1 aliphatic rings. The van der Waals surface area contributed by atoms with Gasteiger partial charge < -0.3 is 14.3 Å². The number of carbonyl (C=O) groups is 1. The summed E-state index contributed by atoms with van der Waals surface area (Å²) in [5, 5.41) is 4.87. The van der Waals surface area contributed by atoms with Crippen LogP contribution in [0.15, 0.2) is 76.3 Å². The van der Waals surface area contributed by atoms with E-state index < -0.39 is 0 Å². The molecule has 5 nitrogen and oxygen atoms in total. The van der Waals surface area contributed by atoms with E-state index in [1.54, 1.807) is 17.6 Å². The Morgan fingerprint density at radius 2 is 1.92 bits per heavy atom. The number of benzene rings is 2. The molecule has 1 N–H and O–H groups in total. The lowest BCUT2D eigenvalue weighted by Gasteiger charge is -2.12. The van der Waals surface area contributed by atoms with Gasteiger partial charge in [0.25, 0.3) is 5.91 Å². The summed E-state index contributed by atoms with van der Waals surface area (Å²) in [6, 6.07) is 18.6. The molecule has 3 heterocycles. The van der Waals surface area contributed by atoms with Crippen LogP contribution in [-0.2, 0) is 25.9 Å². The number of hydrogen-bond acceptors (Lipinski definition) is 4. The highest BCUT2D eigenvalue weighted by Gasteiger charge is 2.25. The van der Waals surface area contributed by atoms with Gasteiger partial charge in [-0.15, -0.1) is 11.3 Å². The van der Waals surface area contributed by atoms with Gasteiger partial charge in [-0.25, -0.2) is 9.38 Å². The zero-order valence-corrected chi connectivity index (χ0v) is 22.0. The van der Waals surface area contributed by atoms with Gasteiger partial charge >= 0.3 is 0 Å². The van der Waals surface area contributed by atoms with Crippen molar-refractivity contribution in [3.8, 4) is 0 Å². The number of carbonyl (C=O) groups excluding carboxylic acids is 1. The van der Waals surface area contributed by atoms with Crippen LogP contribution in [-0.4, -0.2) is 16.7 Å². The highest BCUT2D eigenvalue weighted by Crippen LogP contribution is 2.40. The van der Waals surface area contributed by atoms with Crippen molar-refractivity contribution in [3.05, 3.63) is 111 Å². The number of nitrogens with one attached hydrogen (secondary N) is 1. The van der Waals surface area contributed by atoms with Gasteiger partial charge in [0.2, 0.25) is 0 Å². The third kappa shape index (κ3) is 4.70. The van der Waals surface area contributed by atoms with Crippen LogP contribution >= 0.6 is 11.3 Å². The first kappa shape index (κ1) is 24.4. The lowest BCUT2D eigenvalue weighted by Crippen LogP contribution is -2.23. The Kier molecular flexibility index (Phi) is 6.68. The first-order valence-electron chi connectivity index (χ1n) is 12.9. The average molecular weight is 526 g/mol. The quantitative estimate of drug-likeness (QED) is 0.226. The van der Waals surface area contributed by atoms with Gasteiger partial charge in [-0.3, -0.25) is 4.79 Å². The van der Waals surface area contributed by atoms with Crippen LogP contribution < -0.4 is 5.32 Å². The molecular weight excluding hydrogens is 497 g/mol. The molecule has 7 heteroatoms. The monoisotopic (exact) mass is 525 g/mol. The Morgan fingerprint density at radius 1 is 1.11 bits per heavy atom. The number of rotatable bonds is 7. The number of aliphatic imine (C=N–C) groups is 1. The fourth-order valence-corrected chi connectivity index (χ4v) is 6.50. The lowest BCUT2D eigenvalue weighted by atomic mass is 9.95. The van der Waals surface area contributed by atoms with Gasteiger partial charge in [0.15, 0.2) is 0 Å². The van der Waals surface area contributed by atoms with Crippen LogP contribution in [0.3, 0.4) is 0 Å². The van der Waals surface area contributed by atoms with E-state index in [1.165, 1.54) is 17.0 Å². The molecule has 0 atom stereocenters. The normalized spacial score (nSPS) is 13.3. The van der Waals surface area contributed by atoms with Crippen LogP contribution in [0.25, 0.3) is 10.9 Å². The Hall–Kier alpha value is -3.97. The zero-order chi connectivity index (χ0) is 26.1. The van der Waals surface area contributed by atoms with Gasteiger partial charge in [0.05, 0.1) is 18.4 Å². The number of fused-ring (bicyclic) bond motifs is 2. The number of aromatic nitrogens is 1. The van der Waals surface area contributed by atoms with Crippen molar-refractivity contribution in [1.82, 2.24) is 9.88 Å². The Morgan fingerprint density at radius 3 is 2.74 bits per heavy atom. The molecule has 0 fully saturated rings. The van der Waals surface area contributed by atoms with E-state index in [2.05, 4.69) is 28.9 Å². The van der Waals surface area contributed by atoms with E-state index in [0.717, 1.165) is 69.7 Å². The lowest BCUT2D eigenvalue weighted by molar-refractivity contribution is 0.0948. The molecule has 38 heavy (non-hydrogen) atoms. The number of furan rings is 1. The second-order valence-corrected chi connectivity index (χ2v) is 10.7. The summed E-state index contributed by atoms with van der Waals surface area (Å²) in [6.45, 7) is 3.06. The molecule has 5 aromatic rings. The maximum absolute atomic E-state index is 13.5. The van der Waals surface area contributed by atoms with Gasteiger partial charge in [-0.05, 0) is 74.1 Å². The van der Waals surface area contributed by atoms with E-state index >= 15 is 0 Å². The maximum Gasteiger partial charge on any atom is 0.255 e. The summed E-state index contributed by atoms with van der Waals surface area (Å²) in [6.07, 6.45) is 7.63. The first-order valence-corrected chi connectivity index (χ1v) is 13.7. The summed E-state index contributed by atoms with van der Waals surface area (Å²) in [5.41, 5.74) is 6.05. The molecular formula is C31H28FN3O2S. The summed E-state index contributed by atoms with van der Waals surface area (Å²) < 4.78 is 21.1. The average Bonchev–Trinajstić information content (AvgIpc) is 3.65. The fourth-order valence-electron chi connectivity index (χ4n) is 5.27. The number of hydrogen-bond donors (Lipinski definition) is 1. The Labute approximate surface area is 224 Å². The van der Waals surface area contributed by atoms with E-state index in [-0.39, 0.29) is 11.7 Å². The third-order valence-corrected chi connectivity index (χ3v) is 8.43. The van der Waals surface area contributed by atoms with Crippen molar-refractivity contribution in [3.63, 3.8) is 0 Å². The molecule has 0 saturated carbocycles. The van der Waals surface area contributed by atoms with Crippen molar-refractivity contribution in [2.24, 2.45) is 4.99 Å². The fraction of sp³-hybridized carbons (Fsp3) is 0.226. The van der Waals surface area contributed by atoms with E-state index in [4.69, 9.17) is 9.41 Å². The highest BCUT2D eigenvalue weighted by molar-refractivity contribution is 7.16. The largest absolute Gasteiger partial charge is 0.467 e. The van der Waals surface area contributed by atoms with Crippen LogP contribution in [0.4, 0.5) is 9.39 Å². The minimum Gasteiger partial charge on any atom is -0.467 e. The van der Waals surface area contributed by atoms with E-state index in [9.17, 15) is 9.18 Å². The number of para-hydroxylation sites is 1. The predicted octanol–water partition coefficient (Wildman–Crippen LogP) is 7.35.